The number of aryl methyl sites for hydroxylation is 1. The van der Waals surface area contributed by atoms with Crippen LogP contribution in [0.1, 0.15) is 38.7 Å². The van der Waals surface area contributed by atoms with E-state index in [9.17, 15) is 19.5 Å². The van der Waals surface area contributed by atoms with Crippen molar-refractivity contribution < 1.29 is 14.7 Å². The Morgan fingerprint density at radius 3 is 2.00 bits per heavy atom. The van der Waals surface area contributed by atoms with Gasteiger partial charge in [0.05, 0.1) is 16.8 Å². The van der Waals surface area contributed by atoms with Gasteiger partial charge in [0.15, 0.2) is 0 Å². The fraction of sp³-hybridized carbons (Fsp3) is 0.0741. The molecule has 0 spiro atoms. The van der Waals surface area contributed by atoms with E-state index in [0.29, 0.717) is 22.5 Å². The standard InChI is InChI=1S/C27H20N2O4/c1-16-21(27(33)29(28-16)18-12-6-3-7-13-18)22(17-10-4-2-5-11-17)23-24(30)19-14-8-9-15-20(19)25(31)26(23)32/h2-15,22,28,30H,1H3. The number of aromatic amines is 1. The van der Waals surface area contributed by atoms with E-state index in [2.05, 4.69) is 5.10 Å². The zero-order chi connectivity index (χ0) is 23.1. The first-order valence-electron chi connectivity index (χ1n) is 10.5. The first kappa shape index (κ1) is 20.5. The van der Waals surface area contributed by atoms with Crippen molar-refractivity contribution >= 4 is 17.3 Å². The van der Waals surface area contributed by atoms with E-state index in [1.54, 1.807) is 61.5 Å². The SMILES string of the molecule is Cc1[nH]n(-c2ccccc2)c(=O)c1C(C1=C(O)c2ccccc2C(=O)C1=O)c1ccccc1. The molecule has 5 rings (SSSR count). The van der Waals surface area contributed by atoms with Crippen LogP contribution in [0.15, 0.2) is 95.3 Å². The number of ketones is 2. The first-order chi connectivity index (χ1) is 16.0. The topological polar surface area (TPSA) is 92.2 Å². The van der Waals surface area contributed by atoms with Crippen LogP contribution in [0.5, 0.6) is 0 Å². The highest BCUT2D eigenvalue weighted by molar-refractivity contribution is 6.52. The Morgan fingerprint density at radius 2 is 1.33 bits per heavy atom. The average molecular weight is 436 g/mol. The van der Waals surface area contributed by atoms with Crippen molar-refractivity contribution in [2.24, 2.45) is 0 Å². The van der Waals surface area contributed by atoms with Gasteiger partial charge in [0, 0.05) is 22.7 Å². The van der Waals surface area contributed by atoms with Crippen LogP contribution < -0.4 is 5.56 Å². The number of aliphatic hydroxyl groups is 1. The summed E-state index contributed by atoms with van der Waals surface area (Å²) >= 11 is 0. The van der Waals surface area contributed by atoms with Gasteiger partial charge in [-0.2, -0.15) is 0 Å². The molecule has 0 amide bonds. The molecular formula is C27H20N2O4. The average Bonchev–Trinajstić information content (AvgIpc) is 3.15. The molecule has 2 N–H and O–H groups in total. The van der Waals surface area contributed by atoms with Crippen molar-refractivity contribution in [1.82, 2.24) is 9.78 Å². The van der Waals surface area contributed by atoms with Gasteiger partial charge in [-0.3, -0.25) is 19.5 Å². The van der Waals surface area contributed by atoms with Crippen LogP contribution in [0, 0.1) is 6.92 Å². The van der Waals surface area contributed by atoms with Crippen LogP contribution in [0.3, 0.4) is 0 Å². The maximum atomic E-state index is 13.6. The summed E-state index contributed by atoms with van der Waals surface area (Å²) in [6.45, 7) is 1.74. The Morgan fingerprint density at radius 1 is 0.758 bits per heavy atom. The first-order valence-corrected chi connectivity index (χ1v) is 10.5. The molecule has 1 unspecified atom stereocenters. The Bertz CT molecular complexity index is 1480. The molecule has 0 fully saturated rings. The minimum Gasteiger partial charge on any atom is -0.507 e. The minimum absolute atomic E-state index is 0.0932. The Kier molecular flexibility index (Phi) is 4.90. The summed E-state index contributed by atoms with van der Waals surface area (Å²) in [5.74, 6) is -2.72. The number of fused-ring (bicyclic) bond motifs is 1. The van der Waals surface area contributed by atoms with Crippen molar-refractivity contribution in [3.05, 3.63) is 129 Å². The van der Waals surface area contributed by atoms with E-state index >= 15 is 0 Å². The maximum Gasteiger partial charge on any atom is 0.275 e. The molecule has 1 aromatic heterocycles. The largest absolute Gasteiger partial charge is 0.507 e. The molecule has 4 aromatic rings. The Balaban J connectivity index is 1.81. The highest BCUT2D eigenvalue weighted by Gasteiger charge is 2.40. The molecule has 162 valence electrons. The normalized spacial score (nSPS) is 14.3. The van der Waals surface area contributed by atoms with Gasteiger partial charge in [-0.05, 0) is 24.6 Å². The summed E-state index contributed by atoms with van der Waals surface area (Å²) in [6, 6.07) is 24.5. The van der Waals surface area contributed by atoms with E-state index in [-0.39, 0.29) is 28.0 Å². The maximum absolute atomic E-state index is 13.6. The Hall–Kier alpha value is -4.45. The van der Waals surface area contributed by atoms with E-state index < -0.39 is 17.5 Å². The van der Waals surface area contributed by atoms with Gasteiger partial charge >= 0.3 is 0 Å². The lowest BCUT2D eigenvalue weighted by molar-refractivity contribution is -0.112. The predicted octanol–water partition coefficient (Wildman–Crippen LogP) is 4.34. The van der Waals surface area contributed by atoms with Gasteiger partial charge in [0.2, 0.25) is 11.6 Å². The molecular weight excluding hydrogens is 416 g/mol. The van der Waals surface area contributed by atoms with E-state index in [0.717, 1.165) is 0 Å². The lowest BCUT2D eigenvalue weighted by Gasteiger charge is -2.24. The molecule has 3 aromatic carbocycles. The molecule has 33 heavy (non-hydrogen) atoms. The summed E-state index contributed by atoms with van der Waals surface area (Å²) in [6.07, 6.45) is 0. The molecule has 0 saturated carbocycles. The van der Waals surface area contributed by atoms with Gasteiger partial charge in [-0.25, -0.2) is 4.68 Å². The smallest absolute Gasteiger partial charge is 0.275 e. The molecule has 1 aliphatic carbocycles. The number of nitrogens with zero attached hydrogens (tertiary/aromatic N) is 1. The van der Waals surface area contributed by atoms with Crippen LogP contribution in [-0.4, -0.2) is 26.5 Å². The number of carbonyl (C=O) groups excluding carboxylic acids is 2. The number of aliphatic hydroxyl groups excluding tert-OH is 1. The second-order valence-electron chi connectivity index (χ2n) is 7.94. The lowest BCUT2D eigenvalue weighted by atomic mass is 9.76. The van der Waals surface area contributed by atoms with Crippen LogP contribution in [0.4, 0.5) is 0 Å². The highest BCUT2D eigenvalue weighted by atomic mass is 16.3. The second kappa shape index (κ2) is 7.91. The molecule has 0 bridgehead atoms. The number of H-pyrrole nitrogens is 1. The molecule has 0 radical (unpaired) electrons. The fourth-order valence-corrected chi connectivity index (χ4v) is 4.43. The third-order valence-electron chi connectivity index (χ3n) is 5.97. The number of allylic oxidation sites excluding steroid dienone is 1. The van der Waals surface area contributed by atoms with Crippen LogP contribution in [-0.2, 0) is 4.79 Å². The quantitative estimate of drug-likeness (QED) is 0.466. The van der Waals surface area contributed by atoms with Gasteiger partial charge in [-0.1, -0.05) is 72.8 Å². The molecule has 0 saturated heterocycles. The number of para-hydroxylation sites is 1. The zero-order valence-corrected chi connectivity index (χ0v) is 17.8. The van der Waals surface area contributed by atoms with Gasteiger partial charge < -0.3 is 5.11 Å². The number of aromatic nitrogens is 2. The summed E-state index contributed by atoms with van der Waals surface area (Å²) in [5.41, 5.74) is 2.09. The number of benzene rings is 3. The monoisotopic (exact) mass is 436 g/mol. The number of hydrogen-bond acceptors (Lipinski definition) is 4. The van der Waals surface area contributed by atoms with Gasteiger partial charge in [0.1, 0.15) is 5.76 Å². The summed E-state index contributed by atoms with van der Waals surface area (Å²) in [5, 5.41) is 14.3. The second-order valence-corrected chi connectivity index (χ2v) is 7.94. The van der Waals surface area contributed by atoms with Crippen LogP contribution >= 0.6 is 0 Å². The molecule has 0 aliphatic heterocycles. The predicted molar refractivity (Wildman–Crippen MR) is 125 cm³/mol. The van der Waals surface area contributed by atoms with Gasteiger partial charge in [0.25, 0.3) is 5.56 Å². The van der Waals surface area contributed by atoms with Crippen LogP contribution in [0.25, 0.3) is 11.4 Å². The lowest BCUT2D eigenvalue weighted by Crippen LogP contribution is -2.30. The third kappa shape index (κ3) is 3.24. The molecule has 1 atom stereocenters. The minimum atomic E-state index is -0.926. The molecule has 1 heterocycles. The molecule has 6 heteroatoms. The summed E-state index contributed by atoms with van der Waals surface area (Å²) in [4.78, 5) is 39.9. The fourth-order valence-electron chi connectivity index (χ4n) is 4.43. The van der Waals surface area contributed by atoms with Crippen molar-refractivity contribution in [2.45, 2.75) is 12.8 Å². The number of Topliss-reactive ketones (excluding diaryl/α,β-unsaturated/α-hetero) is 2. The van der Waals surface area contributed by atoms with E-state index in [1.807, 2.05) is 24.3 Å². The van der Waals surface area contributed by atoms with Gasteiger partial charge in [-0.15, -0.1) is 0 Å². The van der Waals surface area contributed by atoms with Crippen molar-refractivity contribution in [3.8, 4) is 5.69 Å². The number of carbonyl (C=O) groups is 2. The third-order valence-corrected chi connectivity index (χ3v) is 5.97. The number of hydrogen-bond donors (Lipinski definition) is 2. The van der Waals surface area contributed by atoms with Crippen molar-refractivity contribution in [2.75, 3.05) is 0 Å². The summed E-state index contributed by atoms with van der Waals surface area (Å²) in [7, 11) is 0. The Labute approximate surface area is 189 Å². The zero-order valence-electron chi connectivity index (χ0n) is 17.8. The van der Waals surface area contributed by atoms with E-state index in [1.165, 1.54) is 10.7 Å². The van der Waals surface area contributed by atoms with E-state index in [4.69, 9.17) is 0 Å². The van der Waals surface area contributed by atoms with Crippen molar-refractivity contribution in [3.63, 3.8) is 0 Å². The molecule has 1 aliphatic rings. The molecule has 6 nitrogen and oxygen atoms in total. The van der Waals surface area contributed by atoms with Crippen molar-refractivity contribution in [1.29, 1.82) is 0 Å². The summed E-state index contributed by atoms with van der Waals surface area (Å²) < 4.78 is 1.40. The van der Waals surface area contributed by atoms with Crippen LogP contribution in [0.2, 0.25) is 0 Å². The number of nitrogens with one attached hydrogen (secondary N) is 1. The number of rotatable bonds is 4. The highest BCUT2D eigenvalue weighted by Crippen LogP contribution is 2.39.